The maximum Gasteiger partial charge on any atom is 0.218 e. The maximum atomic E-state index is 5.60. The third-order valence-electron chi connectivity index (χ3n) is 2.69. The Bertz CT molecular complexity index is 330. The second kappa shape index (κ2) is 5.12. The van der Waals surface area contributed by atoms with Gasteiger partial charge < -0.3 is 10.2 Å². The summed E-state index contributed by atoms with van der Waals surface area (Å²) in [6, 6.07) is 1.73. The first kappa shape index (κ1) is 11.1. The molecule has 1 heterocycles. The molecule has 0 radical (unpaired) electrons. The molecule has 0 atom stereocenters. The number of rotatable bonds is 6. The minimum absolute atomic E-state index is 0.605. The molecular formula is C11H18N4O. The van der Waals surface area contributed by atoms with E-state index < -0.39 is 0 Å². The Labute approximate surface area is 95.4 Å². The summed E-state index contributed by atoms with van der Waals surface area (Å²) in [5, 5.41) is 0. The van der Waals surface area contributed by atoms with Crippen LogP contribution in [0.5, 0.6) is 5.88 Å². The molecule has 16 heavy (non-hydrogen) atoms. The van der Waals surface area contributed by atoms with E-state index in [2.05, 4.69) is 15.4 Å². The first-order valence-electron chi connectivity index (χ1n) is 5.79. The van der Waals surface area contributed by atoms with E-state index in [1.807, 2.05) is 6.92 Å². The molecule has 0 saturated heterocycles. The quantitative estimate of drug-likeness (QED) is 0.563. The molecule has 1 aliphatic rings. The number of hydrogen-bond acceptors (Lipinski definition) is 5. The fraction of sp³-hybridized carbons (Fsp3) is 0.636. The molecule has 1 aromatic rings. The number of hydrazine groups is 1. The zero-order chi connectivity index (χ0) is 11.4. The molecular weight excluding hydrogens is 204 g/mol. The molecule has 1 aromatic heterocycles. The molecule has 0 spiro atoms. The average Bonchev–Trinajstić information content (AvgIpc) is 3.12. The molecule has 5 nitrogen and oxygen atoms in total. The van der Waals surface area contributed by atoms with E-state index in [9.17, 15) is 0 Å². The Morgan fingerprint density at radius 3 is 2.94 bits per heavy atom. The third kappa shape index (κ3) is 3.06. The van der Waals surface area contributed by atoms with E-state index in [0.29, 0.717) is 11.7 Å². The summed E-state index contributed by atoms with van der Waals surface area (Å²) >= 11 is 0. The molecule has 0 aromatic carbocycles. The maximum absolute atomic E-state index is 5.60. The number of aryl methyl sites for hydroxylation is 1. The van der Waals surface area contributed by atoms with Gasteiger partial charge in [0.25, 0.3) is 0 Å². The van der Waals surface area contributed by atoms with Gasteiger partial charge in [-0.3, -0.25) is 0 Å². The van der Waals surface area contributed by atoms with Crippen molar-refractivity contribution in [1.82, 2.24) is 9.97 Å². The second-order valence-corrected chi connectivity index (χ2v) is 4.09. The van der Waals surface area contributed by atoms with Gasteiger partial charge in [-0.05, 0) is 12.3 Å². The highest BCUT2D eigenvalue weighted by atomic mass is 16.5. The van der Waals surface area contributed by atoms with Gasteiger partial charge in [0.2, 0.25) is 5.88 Å². The van der Waals surface area contributed by atoms with E-state index in [1.165, 1.54) is 12.8 Å². The lowest BCUT2D eigenvalue weighted by Gasteiger charge is -2.08. The van der Waals surface area contributed by atoms with Gasteiger partial charge in [0.05, 0.1) is 6.61 Å². The van der Waals surface area contributed by atoms with E-state index in [1.54, 1.807) is 6.07 Å². The lowest BCUT2D eigenvalue weighted by Crippen LogP contribution is -2.11. The smallest absolute Gasteiger partial charge is 0.218 e. The fourth-order valence-electron chi connectivity index (χ4n) is 1.52. The normalized spacial score (nSPS) is 14.9. The van der Waals surface area contributed by atoms with Gasteiger partial charge in [-0.1, -0.05) is 19.8 Å². The monoisotopic (exact) mass is 222 g/mol. The first-order valence-corrected chi connectivity index (χ1v) is 5.79. The molecule has 88 valence electrons. The van der Waals surface area contributed by atoms with E-state index in [4.69, 9.17) is 10.6 Å². The van der Waals surface area contributed by atoms with Crippen molar-refractivity contribution in [1.29, 1.82) is 0 Å². The molecule has 0 bridgehead atoms. The molecule has 1 fully saturated rings. The van der Waals surface area contributed by atoms with Crippen LogP contribution in [0.1, 0.15) is 32.0 Å². The molecule has 2 rings (SSSR count). The van der Waals surface area contributed by atoms with Crippen molar-refractivity contribution in [2.75, 3.05) is 12.0 Å². The van der Waals surface area contributed by atoms with Gasteiger partial charge in [0, 0.05) is 12.5 Å². The van der Waals surface area contributed by atoms with Crippen LogP contribution >= 0.6 is 0 Å². The van der Waals surface area contributed by atoms with Crippen molar-refractivity contribution in [3.63, 3.8) is 0 Å². The highest BCUT2D eigenvalue weighted by Gasteiger charge is 2.20. The summed E-state index contributed by atoms with van der Waals surface area (Å²) in [7, 11) is 0. The molecule has 1 saturated carbocycles. The Morgan fingerprint density at radius 2 is 2.31 bits per heavy atom. The number of hydrogen-bond donors (Lipinski definition) is 2. The van der Waals surface area contributed by atoms with Gasteiger partial charge >= 0.3 is 0 Å². The van der Waals surface area contributed by atoms with Crippen LogP contribution in [-0.2, 0) is 6.42 Å². The number of ether oxygens (including phenoxy) is 1. The fourth-order valence-corrected chi connectivity index (χ4v) is 1.52. The first-order chi connectivity index (χ1) is 7.81. The van der Waals surface area contributed by atoms with Crippen molar-refractivity contribution in [2.45, 2.75) is 32.6 Å². The van der Waals surface area contributed by atoms with Crippen LogP contribution in [0.25, 0.3) is 0 Å². The largest absolute Gasteiger partial charge is 0.478 e. The highest BCUT2D eigenvalue weighted by molar-refractivity contribution is 5.36. The predicted molar refractivity (Wildman–Crippen MR) is 62.1 cm³/mol. The van der Waals surface area contributed by atoms with Gasteiger partial charge in [0.15, 0.2) is 0 Å². The summed E-state index contributed by atoms with van der Waals surface area (Å²) in [4.78, 5) is 8.49. The van der Waals surface area contributed by atoms with Crippen molar-refractivity contribution in [3.8, 4) is 5.88 Å². The zero-order valence-electron chi connectivity index (χ0n) is 9.57. The summed E-state index contributed by atoms with van der Waals surface area (Å²) < 4.78 is 5.60. The summed E-state index contributed by atoms with van der Waals surface area (Å²) in [6.07, 6.45) is 4.59. The summed E-state index contributed by atoms with van der Waals surface area (Å²) in [6.45, 7) is 2.73. The van der Waals surface area contributed by atoms with Crippen LogP contribution in [0.15, 0.2) is 6.07 Å². The van der Waals surface area contributed by atoms with Gasteiger partial charge in [-0.15, -0.1) is 0 Å². The minimum Gasteiger partial charge on any atom is -0.478 e. The van der Waals surface area contributed by atoms with E-state index in [0.717, 1.165) is 31.2 Å². The number of nitrogen functional groups attached to an aromatic ring is 1. The molecule has 0 unspecified atom stereocenters. The minimum atomic E-state index is 0.605. The van der Waals surface area contributed by atoms with Crippen molar-refractivity contribution >= 4 is 5.82 Å². The Morgan fingerprint density at radius 1 is 1.50 bits per heavy atom. The SMILES string of the molecule is CCc1nc(NN)cc(OCCC2CC2)n1. The van der Waals surface area contributed by atoms with Crippen molar-refractivity contribution in [2.24, 2.45) is 11.8 Å². The number of nitrogens with two attached hydrogens (primary N) is 1. The standard InChI is InChI=1S/C11H18N4O/c1-2-9-13-10(15-12)7-11(14-9)16-6-5-8-3-4-8/h7-8H,2-6,12H2,1H3,(H,13,14,15). The Kier molecular flexibility index (Phi) is 3.56. The zero-order valence-corrected chi connectivity index (χ0v) is 9.57. The van der Waals surface area contributed by atoms with Crippen LogP contribution in [-0.4, -0.2) is 16.6 Å². The lowest BCUT2D eigenvalue weighted by atomic mass is 10.3. The number of nitrogens with one attached hydrogen (secondary N) is 1. The average molecular weight is 222 g/mol. The number of anilines is 1. The summed E-state index contributed by atoms with van der Waals surface area (Å²) in [5.74, 6) is 8.17. The van der Waals surface area contributed by atoms with Crippen molar-refractivity contribution in [3.05, 3.63) is 11.9 Å². The molecule has 0 amide bonds. The number of aromatic nitrogens is 2. The van der Waals surface area contributed by atoms with Crippen molar-refractivity contribution < 1.29 is 4.74 Å². The Balaban J connectivity index is 1.94. The molecule has 0 aliphatic heterocycles. The van der Waals surface area contributed by atoms with Crippen LogP contribution < -0.4 is 16.0 Å². The molecule has 1 aliphatic carbocycles. The van der Waals surface area contributed by atoms with E-state index in [-0.39, 0.29) is 0 Å². The lowest BCUT2D eigenvalue weighted by molar-refractivity contribution is 0.290. The van der Waals surface area contributed by atoms with Crippen LogP contribution in [0.4, 0.5) is 5.82 Å². The van der Waals surface area contributed by atoms with E-state index >= 15 is 0 Å². The van der Waals surface area contributed by atoms with Gasteiger partial charge in [-0.2, -0.15) is 4.98 Å². The third-order valence-corrected chi connectivity index (χ3v) is 2.69. The van der Waals surface area contributed by atoms with Crippen LogP contribution in [0.3, 0.4) is 0 Å². The molecule has 5 heteroatoms. The highest BCUT2D eigenvalue weighted by Crippen LogP contribution is 2.32. The second-order valence-electron chi connectivity index (χ2n) is 4.09. The molecule has 3 N–H and O–H groups in total. The number of nitrogens with zero attached hydrogens (tertiary/aromatic N) is 2. The van der Waals surface area contributed by atoms with Gasteiger partial charge in [-0.25, -0.2) is 10.8 Å². The van der Waals surface area contributed by atoms with Gasteiger partial charge in [0.1, 0.15) is 11.6 Å². The Hall–Kier alpha value is -1.36. The predicted octanol–water partition coefficient (Wildman–Crippen LogP) is 1.50. The summed E-state index contributed by atoms with van der Waals surface area (Å²) in [5.41, 5.74) is 2.52. The van der Waals surface area contributed by atoms with Crippen LogP contribution in [0, 0.1) is 5.92 Å². The van der Waals surface area contributed by atoms with Crippen LogP contribution in [0.2, 0.25) is 0 Å². The topological polar surface area (TPSA) is 73.1 Å².